The normalized spacial score (nSPS) is 14.0. The SMILES string of the molecule is Cc1ccc(C(Nc2nc(NCCN(C)C)nc3c2CN(C(C)C)C3=O)c2ccccc2)cc1. The van der Waals surface area contributed by atoms with Gasteiger partial charge in [-0.25, -0.2) is 4.98 Å². The third kappa shape index (κ3) is 5.20. The van der Waals surface area contributed by atoms with E-state index in [1.54, 1.807) is 0 Å². The first-order valence-electron chi connectivity index (χ1n) is 11.8. The van der Waals surface area contributed by atoms with Crippen molar-refractivity contribution < 1.29 is 4.79 Å². The number of nitrogens with one attached hydrogen (secondary N) is 2. The molecule has 3 aromatic rings. The minimum absolute atomic E-state index is 0.0438. The van der Waals surface area contributed by atoms with Crippen molar-refractivity contribution in [1.29, 1.82) is 0 Å². The number of anilines is 2. The highest BCUT2D eigenvalue weighted by Gasteiger charge is 2.34. The molecule has 7 nitrogen and oxygen atoms in total. The fourth-order valence-electron chi connectivity index (χ4n) is 4.10. The van der Waals surface area contributed by atoms with Crippen molar-refractivity contribution in [2.24, 2.45) is 0 Å². The van der Waals surface area contributed by atoms with E-state index in [0.717, 1.165) is 23.2 Å². The zero-order valence-corrected chi connectivity index (χ0v) is 20.7. The van der Waals surface area contributed by atoms with Crippen LogP contribution < -0.4 is 10.6 Å². The predicted molar refractivity (Wildman–Crippen MR) is 137 cm³/mol. The monoisotopic (exact) mass is 458 g/mol. The summed E-state index contributed by atoms with van der Waals surface area (Å²) in [5.41, 5.74) is 4.81. The number of carbonyl (C=O) groups is 1. The summed E-state index contributed by atoms with van der Waals surface area (Å²) in [5, 5.41) is 6.97. The van der Waals surface area contributed by atoms with Gasteiger partial charge < -0.3 is 20.4 Å². The molecule has 0 saturated heterocycles. The second-order valence-electron chi connectivity index (χ2n) is 9.38. The fourth-order valence-corrected chi connectivity index (χ4v) is 4.10. The van der Waals surface area contributed by atoms with E-state index < -0.39 is 0 Å². The standard InChI is InChI=1S/C27H34N6O/c1-18(2)33-17-22-24(26(33)34)30-27(28-15-16-32(4)5)31-25(22)29-23(20-9-7-6-8-10-20)21-13-11-19(3)12-14-21/h6-14,18,23H,15-17H2,1-5H3,(H2,28,29,30,31). The van der Waals surface area contributed by atoms with Crippen LogP contribution in [0.1, 0.15) is 52.6 Å². The Morgan fingerprint density at radius 3 is 2.32 bits per heavy atom. The third-order valence-corrected chi connectivity index (χ3v) is 6.09. The lowest BCUT2D eigenvalue weighted by atomic mass is 9.97. The van der Waals surface area contributed by atoms with Gasteiger partial charge in [-0.2, -0.15) is 4.98 Å². The van der Waals surface area contributed by atoms with Crippen molar-refractivity contribution >= 4 is 17.7 Å². The van der Waals surface area contributed by atoms with Crippen LogP contribution in [-0.4, -0.2) is 58.9 Å². The van der Waals surface area contributed by atoms with E-state index in [-0.39, 0.29) is 18.0 Å². The third-order valence-electron chi connectivity index (χ3n) is 6.09. The highest BCUT2D eigenvalue weighted by atomic mass is 16.2. The average Bonchev–Trinajstić information content (AvgIpc) is 3.15. The van der Waals surface area contributed by atoms with Crippen LogP contribution >= 0.6 is 0 Å². The van der Waals surface area contributed by atoms with E-state index in [0.29, 0.717) is 30.5 Å². The molecule has 1 aromatic heterocycles. The van der Waals surface area contributed by atoms with Gasteiger partial charge in [0.05, 0.1) is 12.6 Å². The van der Waals surface area contributed by atoms with Crippen LogP contribution in [-0.2, 0) is 6.54 Å². The van der Waals surface area contributed by atoms with Crippen LogP contribution in [0.25, 0.3) is 0 Å². The molecule has 34 heavy (non-hydrogen) atoms. The molecule has 1 amide bonds. The number of aromatic nitrogens is 2. The Labute approximate surface area is 202 Å². The molecule has 7 heteroatoms. The number of hydrogen-bond donors (Lipinski definition) is 2. The summed E-state index contributed by atoms with van der Waals surface area (Å²) in [7, 11) is 4.04. The fraction of sp³-hybridized carbons (Fsp3) is 0.370. The topological polar surface area (TPSA) is 73.4 Å². The molecule has 0 fully saturated rings. The summed E-state index contributed by atoms with van der Waals surface area (Å²) in [6.07, 6.45) is 0. The van der Waals surface area contributed by atoms with Gasteiger partial charge in [0.15, 0.2) is 0 Å². The number of likely N-dealkylation sites (N-methyl/N-ethyl adjacent to an activating group) is 1. The number of fused-ring (bicyclic) bond motifs is 1. The molecule has 0 saturated carbocycles. The molecule has 178 valence electrons. The van der Waals surface area contributed by atoms with E-state index in [4.69, 9.17) is 4.98 Å². The number of benzene rings is 2. The first-order chi connectivity index (χ1) is 16.3. The molecule has 0 radical (unpaired) electrons. The molecule has 1 unspecified atom stereocenters. The van der Waals surface area contributed by atoms with E-state index in [1.165, 1.54) is 5.56 Å². The van der Waals surface area contributed by atoms with Gasteiger partial charge in [-0.15, -0.1) is 0 Å². The largest absolute Gasteiger partial charge is 0.359 e. The number of rotatable bonds is 9. The van der Waals surface area contributed by atoms with E-state index in [9.17, 15) is 4.79 Å². The molecule has 0 bridgehead atoms. The van der Waals surface area contributed by atoms with Crippen molar-refractivity contribution in [2.45, 2.75) is 39.4 Å². The maximum Gasteiger partial charge on any atom is 0.273 e. The molecule has 0 spiro atoms. The molecular weight excluding hydrogens is 424 g/mol. The smallest absolute Gasteiger partial charge is 0.273 e. The summed E-state index contributed by atoms with van der Waals surface area (Å²) in [5.74, 6) is 1.12. The van der Waals surface area contributed by atoms with Gasteiger partial charge in [0.2, 0.25) is 5.95 Å². The first kappa shape index (κ1) is 23.7. The Morgan fingerprint density at radius 1 is 1.00 bits per heavy atom. The van der Waals surface area contributed by atoms with Crippen LogP contribution in [0.4, 0.5) is 11.8 Å². The van der Waals surface area contributed by atoms with Gasteiger partial charge in [0.1, 0.15) is 11.5 Å². The Balaban J connectivity index is 1.75. The quantitative estimate of drug-likeness (QED) is 0.497. The van der Waals surface area contributed by atoms with Crippen molar-refractivity contribution in [3.05, 3.63) is 82.5 Å². The molecular formula is C27H34N6O. The summed E-state index contributed by atoms with van der Waals surface area (Å²) in [4.78, 5) is 26.6. The van der Waals surface area contributed by atoms with Gasteiger partial charge >= 0.3 is 0 Å². The van der Waals surface area contributed by atoms with E-state index >= 15 is 0 Å². The van der Waals surface area contributed by atoms with Gasteiger partial charge in [-0.1, -0.05) is 60.2 Å². The highest BCUT2D eigenvalue weighted by molar-refractivity contribution is 5.98. The Morgan fingerprint density at radius 2 is 1.68 bits per heavy atom. The Bertz CT molecular complexity index is 1130. The molecule has 4 rings (SSSR count). The zero-order valence-electron chi connectivity index (χ0n) is 20.7. The molecule has 1 aliphatic heterocycles. The Kier molecular flexibility index (Phi) is 7.12. The van der Waals surface area contributed by atoms with Gasteiger partial charge in [0.25, 0.3) is 5.91 Å². The summed E-state index contributed by atoms with van der Waals surface area (Å²) >= 11 is 0. The molecule has 2 aromatic carbocycles. The molecule has 1 atom stereocenters. The van der Waals surface area contributed by atoms with E-state index in [2.05, 4.69) is 63.8 Å². The minimum Gasteiger partial charge on any atom is -0.359 e. The minimum atomic E-state index is -0.112. The lowest BCUT2D eigenvalue weighted by Gasteiger charge is -2.23. The van der Waals surface area contributed by atoms with Gasteiger partial charge in [-0.3, -0.25) is 4.79 Å². The second kappa shape index (κ2) is 10.2. The van der Waals surface area contributed by atoms with Gasteiger partial charge in [0, 0.05) is 24.7 Å². The first-order valence-corrected chi connectivity index (χ1v) is 11.8. The number of amides is 1. The van der Waals surface area contributed by atoms with Crippen molar-refractivity contribution in [3.8, 4) is 0 Å². The average molecular weight is 459 g/mol. The lowest BCUT2D eigenvalue weighted by molar-refractivity contribution is 0.0726. The summed E-state index contributed by atoms with van der Waals surface area (Å²) in [6.45, 7) is 8.17. The van der Waals surface area contributed by atoms with E-state index in [1.807, 2.05) is 51.0 Å². The molecule has 2 N–H and O–H groups in total. The van der Waals surface area contributed by atoms with Crippen molar-refractivity contribution in [3.63, 3.8) is 0 Å². The number of carbonyl (C=O) groups excluding carboxylic acids is 1. The lowest BCUT2D eigenvalue weighted by Crippen LogP contribution is -2.31. The van der Waals surface area contributed by atoms with Crippen LogP contribution in [0.5, 0.6) is 0 Å². The Hall–Kier alpha value is -3.45. The summed E-state index contributed by atoms with van der Waals surface area (Å²) < 4.78 is 0. The summed E-state index contributed by atoms with van der Waals surface area (Å²) in [6, 6.07) is 18.8. The van der Waals surface area contributed by atoms with Crippen LogP contribution in [0.2, 0.25) is 0 Å². The number of nitrogens with zero attached hydrogens (tertiary/aromatic N) is 4. The van der Waals surface area contributed by atoms with Crippen LogP contribution in [0, 0.1) is 6.92 Å². The maximum atomic E-state index is 13.2. The molecule has 2 heterocycles. The maximum absolute atomic E-state index is 13.2. The molecule has 1 aliphatic rings. The highest BCUT2D eigenvalue weighted by Crippen LogP contribution is 2.33. The van der Waals surface area contributed by atoms with Crippen molar-refractivity contribution in [2.75, 3.05) is 37.8 Å². The number of aryl methyl sites for hydroxylation is 1. The van der Waals surface area contributed by atoms with Crippen LogP contribution in [0.15, 0.2) is 54.6 Å². The van der Waals surface area contributed by atoms with Crippen molar-refractivity contribution in [1.82, 2.24) is 19.8 Å². The predicted octanol–water partition coefficient (Wildman–Crippen LogP) is 4.32. The van der Waals surface area contributed by atoms with Crippen LogP contribution in [0.3, 0.4) is 0 Å². The number of hydrogen-bond acceptors (Lipinski definition) is 6. The zero-order chi connectivity index (χ0) is 24.2. The molecule has 0 aliphatic carbocycles. The second-order valence-corrected chi connectivity index (χ2v) is 9.38. The van der Waals surface area contributed by atoms with Gasteiger partial charge in [-0.05, 0) is 46.0 Å².